The molecule has 0 radical (unpaired) electrons. The van der Waals surface area contributed by atoms with Crippen molar-refractivity contribution < 1.29 is 14.5 Å². The molecule has 2 heterocycles. The lowest BCUT2D eigenvalue weighted by Crippen LogP contribution is -2.20. The van der Waals surface area contributed by atoms with Gasteiger partial charge < -0.3 is 10.1 Å². The highest BCUT2D eigenvalue weighted by molar-refractivity contribution is 7.99. The van der Waals surface area contributed by atoms with Gasteiger partial charge in [0.1, 0.15) is 0 Å². The maximum absolute atomic E-state index is 11.4. The van der Waals surface area contributed by atoms with Crippen molar-refractivity contribution >= 4 is 29.2 Å². The lowest BCUT2D eigenvalue weighted by atomic mass is 10.2. The summed E-state index contributed by atoms with van der Waals surface area (Å²) in [6.45, 7) is 0. The van der Waals surface area contributed by atoms with Crippen LogP contribution < -0.4 is 5.32 Å². The summed E-state index contributed by atoms with van der Waals surface area (Å²) in [6.07, 6.45) is 0.923. The number of rotatable bonds is 4. The van der Waals surface area contributed by atoms with Crippen LogP contribution >= 0.6 is 11.8 Å². The number of hydrogen-bond acceptors (Lipinski definition) is 7. The number of methoxy groups -OCH3 is 1. The quantitative estimate of drug-likeness (QED) is 0.510. The van der Waals surface area contributed by atoms with Crippen LogP contribution in [0.25, 0.3) is 0 Å². The van der Waals surface area contributed by atoms with E-state index in [0.717, 1.165) is 17.9 Å². The van der Waals surface area contributed by atoms with Gasteiger partial charge in [0.05, 0.1) is 12.0 Å². The number of carbonyl (C=O) groups is 1. The van der Waals surface area contributed by atoms with Crippen molar-refractivity contribution in [1.82, 2.24) is 4.98 Å². The maximum Gasteiger partial charge on any atom is 0.356 e. The Balaban J connectivity index is 2.29. The van der Waals surface area contributed by atoms with E-state index in [1.165, 1.54) is 19.2 Å². The van der Waals surface area contributed by atoms with Gasteiger partial charge in [-0.2, -0.15) is 11.8 Å². The van der Waals surface area contributed by atoms with Crippen LogP contribution in [0, 0.1) is 10.1 Å². The Hall–Kier alpha value is -1.83. The molecular weight excluding hydrogens is 270 g/mol. The molecule has 1 saturated heterocycles. The van der Waals surface area contributed by atoms with Crippen LogP contribution in [0.15, 0.2) is 12.1 Å². The summed E-state index contributed by atoms with van der Waals surface area (Å²) in [5, 5.41) is 14.0. The molecule has 102 valence electrons. The fraction of sp³-hybridized carbons (Fsp3) is 0.455. The molecule has 19 heavy (non-hydrogen) atoms. The summed E-state index contributed by atoms with van der Waals surface area (Å²) in [5.74, 6) is 1.41. The van der Waals surface area contributed by atoms with E-state index in [9.17, 15) is 14.9 Å². The average molecular weight is 283 g/mol. The SMILES string of the molecule is COC(=O)c1ccc([N+](=O)[O-])c(NC2CCSC2)n1. The van der Waals surface area contributed by atoms with Crippen molar-refractivity contribution in [1.29, 1.82) is 0 Å². The highest BCUT2D eigenvalue weighted by atomic mass is 32.2. The van der Waals surface area contributed by atoms with Crippen LogP contribution in [0.2, 0.25) is 0 Å². The highest BCUT2D eigenvalue weighted by Gasteiger charge is 2.23. The first-order chi connectivity index (χ1) is 9.11. The van der Waals surface area contributed by atoms with Gasteiger partial charge in [0.2, 0.25) is 5.82 Å². The first kappa shape index (κ1) is 13.6. The highest BCUT2D eigenvalue weighted by Crippen LogP contribution is 2.27. The van der Waals surface area contributed by atoms with Crippen molar-refractivity contribution in [3.05, 3.63) is 27.9 Å². The molecule has 1 N–H and O–H groups in total. The van der Waals surface area contributed by atoms with Crippen molar-refractivity contribution in [3.63, 3.8) is 0 Å². The third kappa shape index (κ3) is 3.14. The number of thioether (sulfide) groups is 1. The largest absolute Gasteiger partial charge is 0.464 e. The molecule has 0 amide bonds. The topological polar surface area (TPSA) is 94.4 Å². The van der Waals surface area contributed by atoms with Gasteiger partial charge in [-0.15, -0.1) is 0 Å². The molecule has 0 aliphatic carbocycles. The molecule has 0 saturated carbocycles. The Kier molecular flexibility index (Phi) is 4.20. The van der Waals surface area contributed by atoms with Gasteiger partial charge >= 0.3 is 11.7 Å². The van der Waals surface area contributed by atoms with Crippen LogP contribution in [0.5, 0.6) is 0 Å². The number of pyridine rings is 1. The molecule has 1 aliphatic rings. The second kappa shape index (κ2) is 5.87. The van der Waals surface area contributed by atoms with E-state index in [0.29, 0.717) is 0 Å². The van der Waals surface area contributed by atoms with Crippen LogP contribution in [0.4, 0.5) is 11.5 Å². The Morgan fingerprint density at radius 1 is 1.63 bits per heavy atom. The molecule has 1 aromatic rings. The Labute approximate surface area is 113 Å². The molecule has 1 fully saturated rings. The number of aromatic nitrogens is 1. The lowest BCUT2D eigenvalue weighted by Gasteiger charge is -2.12. The maximum atomic E-state index is 11.4. The Bertz CT molecular complexity index is 503. The van der Waals surface area contributed by atoms with E-state index in [-0.39, 0.29) is 23.2 Å². The van der Waals surface area contributed by atoms with E-state index < -0.39 is 10.9 Å². The van der Waals surface area contributed by atoms with Crippen molar-refractivity contribution in [3.8, 4) is 0 Å². The van der Waals surface area contributed by atoms with E-state index in [1.807, 2.05) is 0 Å². The van der Waals surface area contributed by atoms with Gasteiger partial charge in [0.25, 0.3) is 0 Å². The minimum Gasteiger partial charge on any atom is -0.464 e. The molecular formula is C11H13N3O4S. The summed E-state index contributed by atoms with van der Waals surface area (Å²) in [4.78, 5) is 25.8. The third-order valence-electron chi connectivity index (χ3n) is 2.74. The minimum atomic E-state index is -0.612. The molecule has 0 bridgehead atoms. The summed E-state index contributed by atoms with van der Waals surface area (Å²) >= 11 is 1.78. The van der Waals surface area contributed by atoms with Gasteiger partial charge in [-0.3, -0.25) is 10.1 Å². The first-order valence-corrected chi connectivity index (χ1v) is 6.85. The van der Waals surface area contributed by atoms with Gasteiger partial charge in [-0.05, 0) is 18.2 Å². The van der Waals surface area contributed by atoms with Crippen LogP contribution in [-0.2, 0) is 4.74 Å². The molecule has 1 aliphatic heterocycles. The smallest absolute Gasteiger partial charge is 0.356 e. The average Bonchev–Trinajstić information content (AvgIpc) is 2.90. The van der Waals surface area contributed by atoms with Gasteiger partial charge in [-0.1, -0.05) is 0 Å². The number of hydrogen-bond donors (Lipinski definition) is 1. The Morgan fingerprint density at radius 2 is 2.42 bits per heavy atom. The number of anilines is 1. The summed E-state index contributed by atoms with van der Waals surface area (Å²) in [5.41, 5.74) is -0.0780. The zero-order chi connectivity index (χ0) is 13.8. The number of ether oxygens (including phenoxy) is 1. The summed E-state index contributed by atoms with van der Waals surface area (Å²) in [7, 11) is 1.24. The number of nitro groups is 1. The van der Waals surface area contributed by atoms with Crippen molar-refractivity contribution in [2.75, 3.05) is 23.9 Å². The van der Waals surface area contributed by atoms with E-state index >= 15 is 0 Å². The second-order valence-corrected chi connectivity index (χ2v) is 5.17. The van der Waals surface area contributed by atoms with Crippen LogP contribution in [-0.4, -0.2) is 40.5 Å². The number of nitrogens with one attached hydrogen (secondary N) is 1. The fourth-order valence-electron chi connectivity index (χ4n) is 1.77. The summed E-state index contributed by atoms with van der Waals surface area (Å²) < 4.78 is 4.56. The van der Waals surface area contributed by atoms with Gasteiger partial charge in [-0.25, -0.2) is 9.78 Å². The standard InChI is InChI=1S/C11H13N3O4S/c1-18-11(15)8-2-3-9(14(16)17)10(13-8)12-7-4-5-19-6-7/h2-3,7H,4-6H2,1H3,(H,12,13). The zero-order valence-electron chi connectivity index (χ0n) is 10.3. The van der Waals surface area contributed by atoms with Crippen molar-refractivity contribution in [2.45, 2.75) is 12.5 Å². The van der Waals surface area contributed by atoms with Crippen LogP contribution in [0.1, 0.15) is 16.9 Å². The molecule has 7 nitrogen and oxygen atoms in total. The van der Waals surface area contributed by atoms with E-state index in [1.54, 1.807) is 11.8 Å². The molecule has 1 atom stereocenters. The van der Waals surface area contributed by atoms with Gasteiger partial charge in [0.15, 0.2) is 5.69 Å². The lowest BCUT2D eigenvalue weighted by molar-refractivity contribution is -0.384. The number of carbonyl (C=O) groups excluding carboxylic acids is 1. The molecule has 2 rings (SSSR count). The number of nitrogens with zero attached hydrogens (tertiary/aromatic N) is 2. The normalized spacial score (nSPS) is 18.1. The predicted molar refractivity (Wildman–Crippen MR) is 71.6 cm³/mol. The fourth-order valence-corrected chi connectivity index (χ4v) is 2.92. The molecule has 0 spiro atoms. The van der Waals surface area contributed by atoms with Crippen LogP contribution in [0.3, 0.4) is 0 Å². The molecule has 0 aromatic carbocycles. The molecule has 8 heteroatoms. The monoisotopic (exact) mass is 283 g/mol. The zero-order valence-corrected chi connectivity index (χ0v) is 11.1. The predicted octanol–water partition coefficient (Wildman–Crippen LogP) is 1.69. The minimum absolute atomic E-state index is 0.0567. The van der Waals surface area contributed by atoms with E-state index in [2.05, 4.69) is 15.0 Å². The molecule has 1 aromatic heterocycles. The molecule has 1 unspecified atom stereocenters. The first-order valence-electron chi connectivity index (χ1n) is 5.70. The van der Waals surface area contributed by atoms with Crippen molar-refractivity contribution in [2.24, 2.45) is 0 Å². The number of esters is 1. The summed E-state index contributed by atoms with van der Waals surface area (Å²) in [6, 6.07) is 2.70. The van der Waals surface area contributed by atoms with Gasteiger partial charge in [0, 0.05) is 17.9 Å². The van der Waals surface area contributed by atoms with E-state index in [4.69, 9.17) is 0 Å². The second-order valence-electron chi connectivity index (χ2n) is 4.02. The Morgan fingerprint density at radius 3 is 3.00 bits per heavy atom. The third-order valence-corrected chi connectivity index (χ3v) is 3.90.